The van der Waals surface area contributed by atoms with Crippen LogP contribution in [0.2, 0.25) is 0 Å². The van der Waals surface area contributed by atoms with Crippen LogP contribution in [-0.2, 0) is 19.8 Å². The van der Waals surface area contributed by atoms with Gasteiger partial charge in [-0.05, 0) is 30.9 Å². The van der Waals surface area contributed by atoms with Gasteiger partial charge in [0, 0.05) is 18.0 Å². The summed E-state index contributed by atoms with van der Waals surface area (Å²) >= 11 is 0. The minimum Gasteiger partial charge on any atom is -0.478 e. The molecule has 0 aliphatic carbocycles. The van der Waals surface area contributed by atoms with Gasteiger partial charge in [0.05, 0.1) is 12.1 Å². The SMILES string of the molecule is CN[C@@H](C(=O)N[C@H](C(=O)N(C)[C@H](C=C(C)C(=O)O)C(C)C)C(C)(C)C)C(C)(C)c1ccccc1. The third-order valence-electron chi connectivity index (χ3n) is 6.43. The number of nitrogens with zero attached hydrogens (tertiary/aromatic N) is 1. The molecule has 0 spiro atoms. The highest BCUT2D eigenvalue weighted by atomic mass is 16.4. The molecule has 0 fully saturated rings. The smallest absolute Gasteiger partial charge is 0.331 e. The lowest BCUT2D eigenvalue weighted by Crippen LogP contribution is -2.61. The van der Waals surface area contributed by atoms with Crippen LogP contribution in [0.25, 0.3) is 0 Å². The van der Waals surface area contributed by atoms with Gasteiger partial charge in [0.2, 0.25) is 11.8 Å². The van der Waals surface area contributed by atoms with Crippen LogP contribution in [0.5, 0.6) is 0 Å². The summed E-state index contributed by atoms with van der Waals surface area (Å²) in [5.74, 6) is -1.56. The van der Waals surface area contributed by atoms with Crippen LogP contribution in [0, 0.1) is 11.3 Å². The summed E-state index contributed by atoms with van der Waals surface area (Å²) in [5, 5.41) is 15.5. The molecule has 2 amide bonds. The Morgan fingerprint density at radius 3 is 1.94 bits per heavy atom. The maximum Gasteiger partial charge on any atom is 0.331 e. The third-order valence-corrected chi connectivity index (χ3v) is 6.43. The van der Waals surface area contributed by atoms with Crippen molar-refractivity contribution in [2.45, 2.75) is 78.9 Å². The average molecular weight is 474 g/mol. The number of carbonyl (C=O) groups is 3. The van der Waals surface area contributed by atoms with E-state index in [-0.39, 0.29) is 23.3 Å². The standard InChI is InChI=1S/C27H43N3O4/c1-17(2)20(16-18(3)25(33)34)30(10)24(32)22(26(4,5)6)29-23(31)21(28-9)27(7,8)19-14-12-11-13-15-19/h11-17,20-22,28H,1-10H3,(H,29,31)(H,33,34)/t20-,21+,22-/m1/s1. The lowest BCUT2D eigenvalue weighted by atomic mass is 9.76. The van der Waals surface area contributed by atoms with Crippen LogP contribution in [0.1, 0.15) is 61.0 Å². The van der Waals surface area contributed by atoms with E-state index in [2.05, 4.69) is 10.6 Å². The van der Waals surface area contributed by atoms with Crippen LogP contribution < -0.4 is 10.6 Å². The summed E-state index contributed by atoms with van der Waals surface area (Å²) in [4.78, 5) is 40.1. The summed E-state index contributed by atoms with van der Waals surface area (Å²) in [7, 11) is 3.40. The Morgan fingerprint density at radius 1 is 1.00 bits per heavy atom. The molecule has 1 rings (SSSR count). The van der Waals surface area contributed by atoms with Crippen LogP contribution in [0.15, 0.2) is 42.0 Å². The second kappa shape index (κ2) is 11.6. The molecule has 0 radical (unpaired) electrons. The van der Waals surface area contributed by atoms with E-state index in [0.717, 1.165) is 5.56 Å². The van der Waals surface area contributed by atoms with E-state index in [9.17, 15) is 19.5 Å². The second-order valence-electron chi connectivity index (χ2n) is 11.0. The molecule has 0 aliphatic rings. The van der Waals surface area contributed by atoms with Crippen molar-refractivity contribution in [3.05, 3.63) is 47.5 Å². The van der Waals surface area contributed by atoms with Crippen molar-refractivity contribution in [1.29, 1.82) is 0 Å². The molecule has 3 atom stereocenters. The minimum atomic E-state index is -1.02. The van der Waals surface area contributed by atoms with Crippen molar-refractivity contribution in [1.82, 2.24) is 15.5 Å². The number of rotatable bonds is 10. The highest BCUT2D eigenvalue weighted by Crippen LogP contribution is 2.29. The third kappa shape index (κ3) is 7.16. The van der Waals surface area contributed by atoms with E-state index in [1.807, 2.05) is 78.8 Å². The van der Waals surface area contributed by atoms with Crippen molar-refractivity contribution in [3.63, 3.8) is 0 Å². The molecular formula is C27H43N3O4. The molecule has 190 valence electrons. The van der Waals surface area contributed by atoms with Gasteiger partial charge in [-0.15, -0.1) is 0 Å². The number of likely N-dealkylation sites (N-methyl/N-ethyl adjacent to an activating group) is 2. The molecular weight excluding hydrogens is 430 g/mol. The van der Waals surface area contributed by atoms with Crippen molar-refractivity contribution in [2.24, 2.45) is 11.3 Å². The normalized spacial score (nSPS) is 15.4. The van der Waals surface area contributed by atoms with Gasteiger partial charge < -0.3 is 20.6 Å². The first-order chi connectivity index (χ1) is 15.5. The molecule has 7 heteroatoms. The number of carboxylic acid groups (broad SMARTS) is 1. The summed E-state index contributed by atoms with van der Waals surface area (Å²) in [6, 6.07) is 7.99. The van der Waals surface area contributed by atoms with Gasteiger partial charge in [0.15, 0.2) is 0 Å². The maximum atomic E-state index is 13.7. The van der Waals surface area contributed by atoms with Gasteiger partial charge in [-0.2, -0.15) is 0 Å². The molecule has 0 bridgehead atoms. The Labute approximate surface area is 205 Å². The Morgan fingerprint density at radius 2 is 1.53 bits per heavy atom. The zero-order valence-corrected chi connectivity index (χ0v) is 22.4. The highest BCUT2D eigenvalue weighted by Gasteiger charge is 2.41. The summed E-state index contributed by atoms with van der Waals surface area (Å²) in [5.41, 5.74) is 0.0895. The van der Waals surface area contributed by atoms with E-state index >= 15 is 0 Å². The summed E-state index contributed by atoms with van der Waals surface area (Å²) in [6.45, 7) is 15.1. The number of carbonyl (C=O) groups excluding carboxylic acids is 2. The predicted octanol–water partition coefficient (Wildman–Crippen LogP) is 3.60. The van der Waals surface area contributed by atoms with E-state index in [4.69, 9.17) is 0 Å². The van der Waals surface area contributed by atoms with Gasteiger partial charge in [-0.1, -0.05) is 84.9 Å². The van der Waals surface area contributed by atoms with Gasteiger partial charge in [0.25, 0.3) is 0 Å². The molecule has 0 aromatic heterocycles. The largest absolute Gasteiger partial charge is 0.478 e. The van der Waals surface area contributed by atoms with E-state index in [1.54, 1.807) is 25.1 Å². The van der Waals surface area contributed by atoms with Gasteiger partial charge in [-0.3, -0.25) is 9.59 Å². The summed E-state index contributed by atoms with van der Waals surface area (Å²) in [6.07, 6.45) is 1.60. The fourth-order valence-electron chi connectivity index (χ4n) is 4.16. The summed E-state index contributed by atoms with van der Waals surface area (Å²) < 4.78 is 0. The zero-order chi connectivity index (χ0) is 26.4. The number of aliphatic carboxylic acids is 1. The topological polar surface area (TPSA) is 98.7 Å². The monoisotopic (exact) mass is 473 g/mol. The molecule has 0 aliphatic heterocycles. The lowest BCUT2D eigenvalue weighted by Gasteiger charge is -2.39. The van der Waals surface area contributed by atoms with Gasteiger partial charge >= 0.3 is 5.97 Å². The Kier molecular flexibility index (Phi) is 10.1. The molecule has 0 heterocycles. The first kappa shape index (κ1) is 29.4. The molecule has 0 unspecified atom stereocenters. The van der Waals surface area contributed by atoms with Crippen molar-refractivity contribution < 1.29 is 19.5 Å². The van der Waals surface area contributed by atoms with Crippen LogP contribution in [-0.4, -0.2) is 60.0 Å². The fraction of sp³-hybridized carbons (Fsp3) is 0.593. The Balaban J connectivity index is 3.29. The zero-order valence-electron chi connectivity index (χ0n) is 22.4. The van der Waals surface area contributed by atoms with Gasteiger partial charge in [0.1, 0.15) is 6.04 Å². The van der Waals surface area contributed by atoms with Crippen molar-refractivity contribution in [3.8, 4) is 0 Å². The van der Waals surface area contributed by atoms with Crippen LogP contribution in [0.4, 0.5) is 0 Å². The molecule has 34 heavy (non-hydrogen) atoms. The maximum absolute atomic E-state index is 13.7. The van der Waals surface area contributed by atoms with E-state index in [0.29, 0.717) is 0 Å². The molecule has 0 saturated carbocycles. The first-order valence-corrected chi connectivity index (χ1v) is 11.8. The first-order valence-electron chi connectivity index (χ1n) is 11.8. The fourth-order valence-corrected chi connectivity index (χ4v) is 4.16. The Bertz CT molecular complexity index is 885. The molecule has 1 aromatic rings. The molecule has 0 saturated heterocycles. The number of benzene rings is 1. The van der Waals surface area contributed by atoms with E-state index in [1.165, 1.54) is 6.92 Å². The van der Waals surface area contributed by atoms with Crippen LogP contribution in [0.3, 0.4) is 0 Å². The minimum absolute atomic E-state index is 0.0124. The number of carboxylic acids is 1. The predicted molar refractivity (Wildman–Crippen MR) is 136 cm³/mol. The molecule has 7 nitrogen and oxygen atoms in total. The van der Waals surface area contributed by atoms with E-state index < -0.39 is 34.9 Å². The average Bonchev–Trinajstić information content (AvgIpc) is 2.74. The van der Waals surface area contributed by atoms with Gasteiger partial charge in [-0.25, -0.2) is 4.79 Å². The lowest BCUT2D eigenvalue weighted by molar-refractivity contribution is -0.141. The number of hydrogen-bond donors (Lipinski definition) is 3. The highest BCUT2D eigenvalue weighted by molar-refractivity contribution is 5.91. The Hall–Kier alpha value is -2.67. The second-order valence-corrected chi connectivity index (χ2v) is 11.0. The number of amides is 2. The molecule has 3 N–H and O–H groups in total. The van der Waals surface area contributed by atoms with Crippen molar-refractivity contribution in [2.75, 3.05) is 14.1 Å². The quantitative estimate of drug-likeness (QED) is 0.451. The van der Waals surface area contributed by atoms with Crippen LogP contribution >= 0.6 is 0 Å². The number of hydrogen-bond acceptors (Lipinski definition) is 4. The van der Waals surface area contributed by atoms with Crippen molar-refractivity contribution >= 4 is 17.8 Å². The number of nitrogens with one attached hydrogen (secondary N) is 2. The molecule has 1 aromatic carbocycles.